The third kappa shape index (κ3) is 1.68. The molecule has 2 rings (SSSR count). The number of aliphatic hydroxyl groups is 1. The molecule has 1 aromatic rings. The quantitative estimate of drug-likeness (QED) is 0.786. The summed E-state index contributed by atoms with van der Waals surface area (Å²) in [5.74, 6) is 0. The lowest BCUT2D eigenvalue weighted by atomic mass is 10.2. The van der Waals surface area contributed by atoms with E-state index in [1.165, 1.54) is 0 Å². The number of carbonyl (C=O) groups excluding carboxylic acids is 1. The fourth-order valence-electron chi connectivity index (χ4n) is 1.78. The molecule has 1 heterocycles. The van der Waals surface area contributed by atoms with Gasteiger partial charge in [-0.3, -0.25) is 4.90 Å². The van der Waals surface area contributed by atoms with Gasteiger partial charge in [0.25, 0.3) is 0 Å². The zero-order valence-corrected chi connectivity index (χ0v) is 8.68. The van der Waals surface area contributed by atoms with Gasteiger partial charge in [-0.2, -0.15) is 0 Å². The van der Waals surface area contributed by atoms with Crippen LogP contribution in [0, 0.1) is 0 Å². The van der Waals surface area contributed by atoms with Crippen LogP contribution in [0.2, 0.25) is 0 Å². The Hall–Kier alpha value is -1.55. The third-order valence-electron chi connectivity index (χ3n) is 2.67. The van der Waals surface area contributed by atoms with E-state index in [9.17, 15) is 9.90 Å². The zero-order chi connectivity index (χ0) is 10.8. The number of benzene rings is 1. The van der Waals surface area contributed by atoms with Gasteiger partial charge in [-0.25, -0.2) is 4.79 Å². The van der Waals surface area contributed by atoms with E-state index >= 15 is 0 Å². The van der Waals surface area contributed by atoms with Crippen molar-refractivity contribution in [1.82, 2.24) is 4.90 Å². The Morgan fingerprint density at radius 2 is 2.07 bits per heavy atom. The first-order chi connectivity index (χ1) is 7.24. The summed E-state index contributed by atoms with van der Waals surface area (Å²) in [6, 6.07) is 7.43. The number of anilines is 1. The summed E-state index contributed by atoms with van der Waals surface area (Å²) in [6.45, 7) is 1.38. The molecule has 0 aliphatic carbocycles. The molecule has 0 spiro atoms. The fraction of sp³-hybridized carbons (Fsp3) is 0.364. The van der Waals surface area contributed by atoms with Gasteiger partial charge in [-0.15, -0.1) is 0 Å². The van der Waals surface area contributed by atoms with Crippen LogP contribution in [0.5, 0.6) is 0 Å². The van der Waals surface area contributed by atoms with Gasteiger partial charge < -0.3 is 10.0 Å². The van der Waals surface area contributed by atoms with Crippen molar-refractivity contribution in [3.63, 3.8) is 0 Å². The minimum atomic E-state index is -0.0380. The van der Waals surface area contributed by atoms with Gasteiger partial charge >= 0.3 is 6.03 Å². The SMILES string of the molecule is CN1CCN(c2ccccc2CO)C1=O. The van der Waals surface area contributed by atoms with Crippen LogP contribution in [-0.4, -0.2) is 36.2 Å². The summed E-state index contributed by atoms with van der Waals surface area (Å²) in [4.78, 5) is 15.1. The number of hydrogen-bond acceptors (Lipinski definition) is 2. The van der Waals surface area contributed by atoms with Crippen LogP contribution in [0.25, 0.3) is 0 Å². The zero-order valence-electron chi connectivity index (χ0n) is 8.68. The maximum atomic E-state index is 11.7. The first kappa shape index (κ1) is 9.98. The Kier molecular flexibility index (Phi) is 2.60. The highest BCUT2D eigenvalue weighted by Crippen LogP contribution is 2.23. The van der Waals surface area contributed by atoms with Gasteiger partial charge in [0.2, 0.25) is 0 Å². The van der Waals surface area contributed by atoms with Gasteiger partial charge in [-0.1, -0.05) is 18.2 Å². The summed E-state index contributed by atoms with van der Waals surface area (Å²) in [5.41, 5.74) is 1.61. The third-order valence-corrected chi connectivity index (χ3v) is 2.67. The molecular formula is C11H14N2O2. The van der Waals surface area contributed by atoms with Crippen molar-refractivity contribution in [3.05, 3.63) is 29.8 Å². The number of urea groups is 1. The van der Waals surface area contributed by atoms with Crippen molar-refractivity contribution in [3.8, 4) is 0 Å². The summed E-state index contributed by atoms with van der Waals surface area (Å²) >= 11 is 0. The van der Waals surface area contributed by atoms with E-state index in [1.807, 2.05) is 24.3 Å². The first-order valence-corrected chi connectivity index (χ1v) is 4.95. The van der Waals surface area contributed by atoms with E-state index in [-0.39, 0.29) is 12.6 Å². The molecule has 0 saturated carbocycles. The number of nitrogens with zero attached hydrogens (tertiary/aromatic N) is 2. The predicted molar refractivity (Wildman–Crippen MR) is 57.7 cm³/mol. The molecule has 0 radical (unpaired) electrons. The Morgan fingerprint density at radius 1 is 1.33 bits per heavy atom. The van der Waals surface area contributed by atoms with E-state index in [0.29, 0.717) is 6.54 Å². The largest absolute Gasteiger partial charge is 0.392 e. The number of carbonyl (C=O) groups is 1. The Morgan fingerprint density at radius 3 is 2.67 bits per heavy atom. The number of hydrogen-bond donors (Lipinski definition) is 1. The van der Waals surface area contributed by atoms with Gasteiger partial charge in [0, 0.05) is 25.7 Å². The van der Waals surface area contributed by atoms with Crippen LogP contribution in [-0.2, 0) is 6.61 Å². The van der Waals surface area contributed by atoms with Crippen LogP contribution >= 0.6 is 0 Å². The molecule has 4 nitrogen and oxygen atoms in total. The van der Waals surface area contributed by atoms with Crippen molar-refractivity contribution < 1.29 is 9.90 Å². The van der Waals surface area contributed by atoms with Gasteiger partial charge in [0.15, 0.2) is 0 Å². The molecule has 1 N–H and O–H groups in total. The number of para-hydroxylation sites is 1. The van der Waals surface area contributed by atoms with Crippen LogP contribution < -0.4 is 4.90 Å². The van der Waals surface area contributed by atoms with E-state index in [1.54, 1.807) is 16.8 Å². The molecule has 80 valence electrons. The summed E-state index contributed by atoms with van der Waals surface area (Å²) < 4.78 is 0. The Bertz CT molecular complexity index is 379. The smallest absolute Gasteiger partial charge is 0.324 e. The minimum absolute atomic E-state index is 0.00380. The van der Waals surface area contributed by atoms with Crippen LogP contribution in [0.3, 0.4) is 0 Å². The highest BCUT2D eigenvalue weighted by molar-refractivity contribution is 5.94. The predicted octanol–water partition coefficient (Wildman–Crippen LogP) is 1.05. The normalized spacial score (nSPS) is 16.3. The second-order valence-electron chi connectivity index (χ2n) is 3.64. The minimum Gasteiger partial charge on any atom is -0.392 e. The second kappa shape index (κ2) is 3.90. The lowest BCUT2D eigenvalue weighted by molar-refractivity contribution is 0.229. The molecule has 1 fully saturated rings. The molecule has 1 aliphatic heterocycles. The standard InChI is InChI=1S/C11H14N2O2/c1-12-6-7-13(11(12)15)10-5-3-2-4-9(10)8-14/h2-5,14H,6-8H2,1H3. The Labute approximate surface area is 88.7 Å². The molecule has 0 unspecified atom stereocenters. The lowest BCUT2D eigenvalue weighted by Crippen LogP contribution is -2.29. The maximum Gasteiger partial charge on any atom is 0.324 e. The average Bonchev–Trinajstić information content (AvgIpc) is 2.60. The molecule has 1 saturated heterocycles. The van der Waals surface area contributed by atoms with Gasteiger partial charge in [0.05, 0.1) is 12.3 Å². The number of likely N-dealkylation sites (N-methyl/N-ethyl adjacent to an activating group) is 1. The van der Waals surface area contributed by atoms with Crippen molar-refractivity contribution in [1.29, 1.82) is 0 Å². The molecule has 1 aromatic carbocycles. The monoisotopic (exact) mass is 206 g/mol. The average molecular weight is 206 g/mol. The van der Waals surface area contributed by atoms with E-state index in [4.69, 9.17) is 0 Å². The van der Waals surface area contributed by atoms with Crippen molar-refractivity contribution in [2.75, 3.05) is 25.0 Å². The molecule has 4 heteroatoms. The first-order valence-electron chi connectivity index (χ1n) is 4.95. The van der Waals surface area contributed by atoms with Crippen molar-refractivity contribution >= 4 is 11.7 Å². The topological polar surface area (TPSA) is 43.8 Å². The highest BCUT2D eigenvalue weighted by atomic mass is 16.3. The highest BCUT2D eigenvalue weighted by Gasteiger charge is 2.27. The van der Waals surface area contributed by atoms with Crippen LogP contribution in [0.4, 0.5) is 10.5 Å². The summed E-state index contributed by atoms with van der Waals surface area (Å²) in [6.07, 6.45) is 0. The fourth-order valence-corrected chi connectivity index (χ4v) is 1.78. The maximum absolute atomic E-state index is 11.7. The second-order valence-corrected chi connectivity index (χ2v) is 3.64. The Balaban J connectivity index is 2.33. The van der Waals surface area contributed by atoms with Gasteiger partial charge in [-0.05, 0) is 6.07 Å². The molecule has 0 aromatic heterocycles. The number of amides is 2. The summed E-state index contributed by atoms with van der Waals surface area (Å²) in [7, 11) is 1.78. The molecule has 1 aliphatic rings. The van der Waals surface area contributed by atoms with E-state index in [0.717, 1.165) is 17.8 Å². The van der Waals surface area contributed by atoms with E-state index in [2.05, 4.69) is 0 Å². The van der Waals surface area contributed by atoms with Crippen molar-refractivity contribution in [2.24, 2.45) is 0 Å². The molecule has 15 heavy (non-hydrogen) atoms. The lowest BCUT2D eigenvalue weighted by Gasteiger charge is -2.18. The molecule has 0 bridgehead atoms. The molecule has 0 atom stereocenters. The van der Waals surface area contributed by atoms with Gasteiger partial charge in [0.1, 0.15) is 0 Å². The number of rotatable bonds is 2. The van der Waals surface area contributed by atoms with Crippen molar-refractivity contribution in [2.45, 2.75) is 6.61 Å². The number of aliphatic hydroxyl groups excluding tert-OH is 1. The molecular weight excluding hydrogens is 192 g/mol. The van der Waals surface area contributed by atoms with Crippen LogP contribution in [0.1, 0.15) is 5.56 Å². The molecule has 2 amide bonds. The van der Waals surface area contributed by atoms with E-state index < -0.39 is 0 Å². The van der Waals surface area contributed by atoms with Crippen LogP contribution in [0.15, 0.2) is 24.3 Å². The summed E-state index contributed by atoms with van der Waals surface area (Å²) in [5, 5.41) is 9.18.